The van der Waals surface area contributed by atoms with Crippen LogP contribution in [0, 0.1) is 0 Å². The van der Waals surface area contributed by atoms with Gasteiger partial charge in [-0.05, 0) is 44.9 Å². The maximum Gasteiger partial charge on any atom is 0.409 e. The van der Waals surface area contributed by atoms with E-state index in [1.165, 1.54) is 18.7 Å². The summed E-state index contributed by atoms with van der Waals surface area (Å²) >= 11 is 1.48. The van der Waals surface area contributed by atoms with Crippen LogP contribution in [0.25, 0.3) is 0 Å². The third kappa shape index (κ3) is 6.44. The maximum atomic E-state index is 12.2. The Bertz CT molecular complexity index is 702. The molecule has 8 heteroatoms. The first-order valence-corrected chi connectivity index (χ1v) is 10.6. The molecule has 2 amide bonds. The zero-order valence-corrected chi connectivity index (χ0v) is 17.5. The molecule has 28 heavy (non-hydrogen) atoms. The summed E-state index contributed by atoms with van der Waals surface area (Å²) in [5.41, 5.74) is 1.53. The van der Waals surface area contributed by atoms with Gasteiger partial charge in [-0.1, -0.05) is 0 Å². The normalized spacial score (nSPS) is 14.5. The zero-order chi connectivity index (χ0) is 20.5. The van der Waals surface area contributed by atoms with Crippen LogP contribution in [0.1, 0.15) is 42.6 Å². The minimum atomic E-state index is -0.287. The number of benzene rings is 1. The van der Waals surface area contributed by atoms with Crippen LogP contribution < -0.4 is 10.1 Å². The van der Waals surface area contributed by atoms with E-state index >= 15 is 0 Å². The molecular formula is C20H28N2O5S. The minimum Gasteiger partial charge on any atom is -0.496 e. The van der Waals surface area contributed by atoms with Gasteiger partial charge in [-0.25, -0.2) is 4.79 Å². The van der Waals surface area contributed by atoms with Crippen molar-refractivity contribution in [2.75, 3.05) is 32.6 Å². The average Bonchev–Trinajstić information content (AvgIpc) is 2.68. The number of hydrogen-bond donors (Lipinski definition) is 1. The van der Waals surface area contributed by atoms with Gasteiger partial charge in [0.1, 0.15) is 5.75 Å². The number of Topliss-reactive ketones (excluding diaryl/α,β-unsaturated/α-hetero) is 1. The molecule has 0 atom stereocenters. The van der Waals surface area contributed by atoms with E-state index in [0.717, 1.165) is 18.4 Å². The van der Waals surface area contributed by atoms with Crippen molar-refractivity contribution in [3.63, 3.8) is 0 Å². The van der Waals surface area contributed by atoms with Crippen molar-refractivity contribution in [3.8, 4) is 5.75 Å². The molecule has 0 unspecified atom stereocenters. The van der Waals surface area contributed by atoms with Crippen LogP contribution in [-0.2, 0) is 15.3 Å². The lowest BCUT2D eigenvalue weighted by Gasteiger charge is -2.31. The van der Waals surface area contributed by atoms with Crippen molar-refractivity contribution in [2.45, 2.75) is 38.5 Å². The van der Waals surface area contributed by atoms with Crippen LogP contribution >= 0.6 is 11.8 Å². The molecule has 1 heterocycles. The summed E-state index contributed by atoms with van der Waals surface area (Å²) in [7, 11) is 1.59. The molecule has 1 N–H and O–H groups in total. The predicted molar refractivity (Wildman–Crippen MR) is 109 cm³/mol. The molecule has 2 rings (SSSR count). The number of nitrogens with zero attached hydrogens (tertiary/aromatic N) is 1. The number of ketones is 1. The number of rotatable bonds is 8. The summed E-state index contributed by atoms with van der Waals surface area (Å²) in [6.45, 7) is 4.86. The Morgan fingerprint density at radius 2 is 1.96 bits per heavy atom. The number of methoxy groups -OCH3 is 1. The quantitative estimate of drug-likeness (QED) is 0.666. The number of carbonyl (C=O) groups excluding carboxylic acids is 3. The second kappa shape index (κ2) is 10.9. The van der Waals surface area contributed by atoms with Crippen LogP contribution in [-0.4, -0.2) is 61.3 Å². The Morgan fingerprint density at radius 1 is 1.25 bits per heavy atom. The lowest BCUT2D eigenvalue weighted by atomic mass is 10.1. The Balaban J connectivity index is 1.76. The highest BCUT2D eigenvalue weighted by Gasteiger charge is 2.24. The number of thioether (sulfide) groups is 1. The third-order valence-corrected chi connectivity index (χ3v) is 5.55. The molecule has 7 nitrogen and oxygen atoms in total. The molecule has 0 saturated carbocycles. The Kier molecular flexibility index (Phi) is 8.63. The molecule has 1 fully saturated rings. The van der Waals surface area contributed by atoms with Crippen LogP contribution in [0.3, 0.4) is 0 Å². The number of ether oxygens (including phenoxy) is 2. The highest BCUT2D eigenvalue weighted by Crippen LogP contribution is 2.25. The maximum absolute atomic E-state index is 12.2. The van der Waals surface area contributed by atoms with Gasteiger partial charge in [0.2, 0.25) is 5.91 Å². The summed E-state index contributed by atoms with van der Waals surface area (Å²) in [6, 6.07) is 5.42. The number of likely N-dealkylation sites (tertiary alicyclic amines) is 1. The monoisotopic (exact) mass is 408 g/mol. The molecule has 1 aliphatic heterocycles. The zero-order valence-electron chi connectivity index (χ0n) is 16.7. The van der Waals surface area contributed by atoms with Gasteiger partial charge in [-0.2, -0.15) is 0 Å². The standard InChI is InChI=1S/C20H28N2O5S/c1-4-27-20(25)22-9-7-17(8-10-22)21-19(24)13-28-12-16-11-15(14(2)23)5-6-18(16)26-3/h5-6,11,17H,4,7-10,12-13H2,1-3H3,(H,21,24). The molecule has 1 saturated heterocycles. The molecule has 0 aliphatic carbocycles. The van der Waals surface area contributed by atoms with Crippen molar-refractivity contribution in [3.05, 3.63) is 29.3 Å². The minimum absolute atomic E-state index is 0.000747. The summed E-state index contributed by atoms with van der Waals surface area (Å²) in [5.74, 6) is 1.59. The van der Waals surface area contributed by atoms with E-state index in [9.17, 15) is 14.4 Å². The van der Waals surface area contributed by atoms with Crippen LogP contribution in [0.15, 0.2) is 18.2 Å². The SMILES string of the molecule is CCOC(=O)N1CCC(NC(=O)CSCc2cc(C(C)=O)ccc2OC)CC1. The fraction of sp³-hybridized carbons (Fsp3) is 0.550. The third-order valence-electron chi connectivity index (χ3n) is 4.56. The number of hydrogen-bond acceptors (Lipinski definition) is 6. The molecule has 0 bridgehead atoms. The number of amides is 2. The van der Waals surface area contributed by atoms with Crippen molar-refractivity contribution >= 4 is 29.5 Å². The fourth-order valence-electron chi connectivity index (χ4n) is 3.05. The van der Waals surface area contributed by atoms with E-state index in [1.54, 1.807) is 31.1 Å². The molecule has 1 aromatic rings. The van der Waals surface area contributed by atoms with Gasteiger partial charge in [0.05, 0.1) is 19.5 Å². The van der Waals surface area contributed by atoms with E-state index in [1.807, 2.05) is 6.07 Å². The van der Waals surface area contributed by atoms with Gasteiger partial charge in [0, 0.05) is 36.0 Å². The predicted octanol–water partition coefficient (Wildman–Crippen LogP) is 2.87. The largest absolute Gasteiger partial charge is 0.496 e. The van der Waals surface area contributed by atoms with Gasteiger partial charge in [-0.15, -0.1) is 11.8 Å². The van der Waals surface area contributed by atoms with Crippen molar-refractivity contribution in [1.82, 2.24) is 10.2 Å². The summed E-state index contributed by atoms with van der Waals surface area (Å²) in [5, 5.41) is 3.03. The average molecular weight is 409 g/mol. The first kappa shape index (κ1) is 22.1. The highest BCUT2D eigenvalue weighted by molar-refractivity contribution is 7.99. The molecule has 0 radical (unpaired) electrons. The molecule has 1 aliphatic rings. The van der Waals surface area contributed by atoms with Gasteiger partial charge in [-0.3, -0.25) is 9.59 Å². The first-order chi connectivity index (χ1) is 13.4. The topological polar surface area (TPSA) is 84.9 Å². The lowest BCUT2D eigenvalue weighted by molar-refractivity contribution is -0.119. The van der Waals surface area contributed by atoms with E-state index in [4.69, 9.17) is 9.47 Å². The van der Waals surface area contributed by atoms with E-state index in [0.29, 0.717) is 42.5 Å². The summed E-state index contributed by atoms with van der Waals surface area (Å²) in [6.07, 6.45) is 1.16. The van der Waals surface area contributed by atoms with Crippen molar-refractivity contribution in [1.29, 1.82) is 0 Å². The number of piperidine rings is 1. The van der Waals surface area contributed by atoms with Crippen LogP contribution in [0.4, 0.5) is 4.79 Å². The van der Waals surface area contributed by atoms with Gasteiger partial charge >= 0.3 is 6.09 Å². The molecule has 1 aromatic carbocycles. The fourth-order valence-corrected chi connectivity index (χ4v) is 3.87. The van der Waals surface area contributed by atoms with Crippen LogP contribution in [0.2, 0.25) is 0 Å². The molecule has 154 valence electrons. The Labute approximate surface area is 170 Å². The highest BCUT2D eigenvalue weighted by atomic mass is 32.2. The Hall–Kier alpha value is -2.22. The smallest absolute Gasteiger partial charge is 0.409 e. The van der Waals surface area contributed by atoms with Crippen molar-refractivity contribution < 1.29 is 23.9 Å². The molecular weight excluding hydrogens is 380 g/mol. The summed E-state index contributed by atoms with van der Waals surface area (Å²) in [4.78, 5) is 37.2. The second-order valence-electron chi connectivity index (χ2n) is 6.60. The molecule has 0 spiro atoms. The van der Waals surface area contributed by atoms with E-state index in [2.05, 4.69) is 5.32 Å². The second-order valence-corrected chi connectivity index (χ2v) is 7.59. The number of carbonyl (C=O) groups is 3. The van der Waals surface area contributed by atoms with Gasteiger partial charge < -0.3 is 19.7 Å². The lowest BCUT2D eigenvalue weighted by Crippen LogP contribution is -2.47. The van der Waals surface area contributed by atoms with Gasteiger partial charge in [0.25, 0.3) is 0 Å². The molecule has 0 aromatic heterocycles. The Morgan fingerprint density at radius 3 is 2.57 bits per heavy atom. The van der Waals surface area contributed by atoms with Crippen LogP contribution in [0.5, 0.6) is 5.75 Å². The number of nitrogens with one attached hydrogen (secondary N) is 1. The van der Waals surface area contributed by atoms with Gasteiger partial charge in [0.15, 0.2) is 5.78 Å². The first-order valence-electron chi connectivity index (χ1n) is 9.41. The van der Waals surface area contributed by atoms with Crippen molar-refractivity contribution in [2.24, 2.45) is 0 Å². The van der Waals surface area contributed by atoms with E-state index < -0.39 is 0 Å². The van der Waals surface area contributed by atoms with E-state index in [-0.39, 0.29) is 23.8 Å². The summed E-state index contributed by atoms with van der Waals surface area (Å²) < 4.78 is 10.3.